The Morgan fingerprint density at radius 2 is 1.50 bits per heavy atom. The Bertz CT molecular complexity index is 867. The van der Waals surface area contributed by atoms with Gasteiger partial charge < -0.3 is 30.7 Å². The number of hydrogen-bond donors (Lipinski definition) is 4. The third-order valence-electron chi connectivity index (χ3n) is 5.02. The molecule has 0 heterocycles. The highest BCUT2D eigenvalue weighted by molar-refractivity contribution is 5.87. The Kier molecular flexibility index (Phi) is 12.2. The van der Waals surface area contributed by atoms with Crippen molar-refractivity contribution < 1.29 is 28.7 Å². The molecule has 0 aliphatic heterocycles. The fourth-order valence-corrected chi connectivity index (χ4v) is 3.40. The van der Waals surface area contributed by atoms with E-state index in [1.807, 2.05) is 44.2 Å². The van der Waals surface area contributed by atoms with Gasteiger partial charge in [-0.05, 0) is 44.6 Å². The molecule has 36 heavy (non-hydrogen) atoms. The minimum absolute atomic E-state index is 0.132. The zero-order valence-electron chi connectivity index (χ0n) is 22.6. The third kappa shape index (κ3) is 11.9. The van der Waals surface area contributed by atoms with Crippen LogP contribution in [0, 0.1) is 11.8 Å². The summed E-state index contributed by atoms with van der Waals surface area (Å²) in [7, 11) is 1.26. The molecule has 0 saturated carbocycles. The van der Waals surface area contributed by atoms with Gasteiger partial charge in [0, 0.05) is 6.42 Å². The molecule has 0 aliphatic rings. The number of carbonyl (C=O) groups is 4. The zero-order valence-corrected chi connectivity index (χ0v) is 22.6. The Balaban J connectivity index is 2.90. The minimum atomic E-state index is -0.912. The first-order valence-corrected chi connectivity index (χ1v) is 12.2. The minimum Gasteiger partial charge on any atom is -0.467 e. The number of nitrogens with one attached hydrogen (secondary N) is 4. The summed E-state index contributed by atoms with van der Waals surface area (Å²) in [5.74, 6) is -1.15. The predicted octanol–water partition coefficient (Wildman–Crippen LogP) is 3.11. The summed E-state index contributed by atoms with van der Waals surface area (Å²) in [5, 5.41) is 10.8. The van der Waals surface area contributed by atoms with Gasteiger partial charge in [-0.3, -0.25) is 4.79 Å². The summed E-state index contributed by atoms with van der Waals surface area (Å²) >= 11 is 0. The van der Waals surface area contributed by atoms with Gasteiger partial charge in [0.05, 0.1) is 7.11 Å². The van der Waals surface area contributed by atoms with E-state index in [0.717, 1.165) is 5.56 Å². The van der Waals surface area contributed by atoms with Crippen molar-refractivity contribution in [2.75, 3.05) is 7.11 Å². The van der Waals surface area contributed by atoms with E-state index in [1.54, 1.807) is 34.6 Å². The maximum Gasteiger partial charge on any atom is 0.408 e. The molecule has 0 spiro atoms. The van der Waals surface area contributed by atoms with Crippen molar-refractivity contribution in [3.05, 3.63) is 35.9 Å². The molecule has 10 nitrogen and oxygen atoms in total. The van der Waals surface area contributed by atoms with Gasteiger partial charge in [-0.25, -0.2) is 14.4 Å². The summed E-state index contributed by atoms with van der Waals surface area (Å²) in [4.78, 5) is 50.4. The molecule has 4 amide bonds. The molecule has 0 bridgehead atoms. The molecular formula is C26H42N4O6. The van der Waals surface area contributed by atoms with Gasteiger partial charge in [0.2, 0.25) is 5.91 Å². The van der Waals surface area contributed by atoms with Gasteiger partial charge in [-0.1, -0.05) is 58.0 Å². The van der Waals surface area contributed by atoms with Crippen LogP contribution in [0.2, 0.25) is 0 Å². The highest BCUT2D eigenvalue weighted by Gasteiger charge is 2.30. The van der Waals surface area contributed by atoms with Gasteiger partial charge in [0.25, 0.3) is 0 Å². The van der Waals surface area contributed by atoms with Crippen LogP contribution in [0.5, 0.6) is 0 Å². The van der Waals surface area contributed by atoms with Crippen LogP contribution >= 0.6 is 0 Å². The molecule has 0 aliphatic carbocycles. The van der Waals surface area contributed by atoms with E-state index in [1.165, 1.54) is 7.11 Å². The Morgan fingerprint density at radius 3 is 2.00 bits per heavy atom. The topological polar surface area (TPSA) is 135 Å². The first-order valence-electron chi connectivity index (χ1n) is 12.2. The van der Waals surface area contributed by atoms with Gasteiger partial charge in [-0.2, -0.15) is 0 Å². The lowest BCUT2D eigenvalue weighted by atomic mass is 10.0. The predicted molar refractivity (Wildman–Crippen MR) is 137 cm³/mol. The number of carbonyl (C=O) groups excluding carboxylic acids is 4. The second-order valence-corrected chi connectivity index (χ2v) is 10.4. The molecule has 4 N–H and O–H groups in total. The van der Waals surface area contributed by atoms with E-state index >= 15 is 0 Å². The Hall–Kier alpha value is -3.30. The number of methoxy groups -OCH3 is 1. The summed E-state index contributed by atoms with van der Waals surface area (Å²) in [6.45, 7) is 12.7. The van der Waals surface area contributed by atoms with E-state index in [9.17, 15) is 19.2 Å². The molecule has 1 aromatic rings. The van der Waals surface area contributed by atoms with E-state index in [4.69, 9.17) is 9.47 Å². The van der Waals surface area contributed by atoms with Crippen molar-refractivity contribution in [3.8, 4) is 0 Å². The molecule has 1 aromatic carbocycles. The van der Waals surface area contributed by atoms with Crippen LogP contribution < -0.4 is 21.3 Å². The fourth-order valence-electron chi connectivity index (χ4n) is 3.40. The number of rotatable bonds is 11. The lowest BCUT2D eigenvalue weighted by molar-refractivity contribution is -0.142. The van der Waals surface area contributed by atoms with Gasteiger partial charge >= 0.3 is 18.1 Å². The number of ether oxygens (including phenoxy) is 2. The maximum atomic E-state index is 13.0. The lowest BCUT2D eigenvalue weighted by Crippen LogP contribution is -2.59. The highest BCUT2D eigenvalue weighted by atomic mass is 16.6. The van der Waals surface area contributed by atoms with Crippen molar-refractivity contribution in [1.29, 1.82) is 0 Å². The van der Waals surface area contributed by atoms with E-state index in [0.29, 0.717) is 6.42 Å². The highest BCUT2D eigenvalue weighted by Crippen LogP contribution is 2.10. The van der Waals surface area contributed by atoms with Crippen LogP contribution in [0.3, 0.4) is 0 Å². The van der Waals surface area contributed by atoms with Crippen molar-refractivity contribution >= 4 is 24.0 Å². The van der Waals surface area contributed by atoms with Crippen LogP contribution in [0.25, 0.3) is 0 Å². The Labute approximate surface area is 214 Å². The molecule has 0 radical (unpaired) electrons. The number of esters is 1. The van der Waals surface area contributed by atoms with Crippen LogP contribution in [0.15, 0.2) is 30.3 Å². The average molecular weight is 507 g/mol. The van der Waals surface area contributed by atoms with E-state index in [-0.39, 0.29) is 18.3 Å². The van der Waals surface area contributed by atoms with Crippen molar-refractivity contribution in [2.24, 2.45) is 11.8 Å². The number of amides is 4. The number of alkyl carbamates (subject to hydrolysis) is 1. The molecule has 3 atom stereocenters. The number of hydrogen-bond acceptors (Lipinski definition) is 6. The zero-order chi connectivity index (χ0) is 27.5. The first kappa shape index (κ1) is 30.7. The smallest absolute Gasteiger partial charge is 0.408 e. The standard InChI is InChI=1S/C26H42N4O6/c1-16(2)14-20(28-22(31)21(17(3)4)30-25(34)36-26(5,6)7)29-24(33)27-19(23(32)35-8)15-18-12-10-9-11-13-18/h9-13,16-17,19-21H,14-15H2,1-8H3,(H,28,31)(H,30,34)(H2,27,29,33)/t19-,20+,21-/m0/s1. The average Bonchev–Trinajstić information content (AvgIpc) is 2.75. The first-order chi connectivity index (χ1) is 16.7. The molecule has 1 rings (SSSR count). The SMILES string of the molecule is COC(=O)[C@H](Cc1ccccc1)NC(=O)N[C@H](CC(C)C)NC(=O)[C@@H](NC(=O)OC(C)(C)C)C(C)C. The maximum absolute atomic E-state index is 13.0. The molecule has 202 valence electrons. The lowest BCUT2D eigenvalue weighted by Gasteiger charge is -2.28. The van der Waals surface area contributed by atoms with Gasteiger partial charge in [0.1, 0.15) is 23.9 Å². The van der Waals surface area contributed by atoms with Gasteiger partial charge in [0.15, 0.2) is 0 Å². The number of benzene rings is 1. The van der Waals surface area contributed by atoms with Gasteiger partial charge in [-0.15, -0.1) is 0 Å². The van der Waals surface area contributed by atoms with E-state index < -0.39 is 47.9 Å². The van der Waals surface area contributed by atoms with Crippen molar-refractivity contribution in [2.45, 2.75) is 85.2 Å². The molecular weight excluding hydrogens is 464 g/mol. The van der Waals surface area contributed by atoms with Crippen LogP contribution in [0.4, 0.5) is 9.59 Å². The molecule has 10 heteroatoms. The fraction of sp³-hybridized carbons (Fsp3) is 0.615. The van der Waals surface area contributed by atoms with Crippen LogP contribution in [-0.2, 0) is 25.5 Å². The normalized spacial score (nSPS) is 13.8. The molecule has 0 fully saturated rings. The Morgan fingerprint density at radius 1 is 0.889 bits per heavy atom. The summed E-state index contributed by atoms with van der Waals surface area (Å²) < 4.78 is 10.1. The summed E-state index contributed by atoms with van der Waals surface area (Å²) in [6, 6.07) is 6.82. The van der Waals surface area contributed by atoms with Crippen molar-refractivity contribution in [3.63, 3.8) is 0 Å². The largest absolute Gasteiger partial charge is 0.467 e. The van der Waals surface area contributed by atoms with Crippen LogP contribution in [0.1, 0.15) is 60.5 Å². The number of urea groups is 1. The van der Waals surface area contributed by atoms with Crippen molar-refractivity contribution in [1.82, 2.24) is 21.3 Å². The van der Waals surface area contributed by atoms with E-state index in [2.05, 4.69) is 21.3 Å². The second kappa shape index (κ2) is 14.3. The quantitative estimate of drug-likeness (QED) is 0.269. The summed E-state index contributed by atoms with van der Waals surface area (Å²) in [6.07, 6.45) is -0.770. The third-order valence-corrected chi connectivity index (χ3v) is 5.02. The second-order valence-electron chi connectivity index (χ2n) is 10.4. The molecule has 0 unspecified atom stereocenters. The molecule has 0 aromatic heterocycles. The monoisotopic (exact) mass is 506 g/mol. The summed E-state index contributed by atoms with van der Waals surface area (Å²) in [5.41, 5.74) is 0.144. The van der Waals surface area contributed by atoms with Crippen LogP contribution in [-0.4, -0.2) is 55.0 Å². The molecule has 0 saturated heterocycles.